The summed E-state index contributed by atoms with van der Waals surface area (Å²) in [6.07, 6.45) is 6.24. The first-order chi connectivity index (χ1) is 18.3. The van der Waals surface area contributed by atoms with Crippen LogP contribution in [0.1, 0.15) is 42.5 Å². The van der Waals surface area contributed by atoms with Crippen LogP contribution < -0.4 is 10.6 Å². The zero-order valence-corrected chi connectivity index (χ0v) is 21.8. The van der Waals surface area contributed by atoms with Gasteiger partial charge < -0.3 is 20.6 Å². The van der Waals surface area contributed by atoms with Crippen LogP contribution in [0.25, 0.3) is 0 Å². The Morgan fingerprint density at radius 1 is 1.08 bits per heavy atom. The molecule has 1 aliphatic rings. The van der Waals surface area contributed by atoms with E-state index in [9.17, 15) is 23.5 Å². The van der Waals surface area contributed by atoms with Crippen molar-refractivity contribution in [2.75, 3.05) is 20.1 Å². The summed E-state index contributed by atoms with van der Waals surface area (Å²) in [5.41, 5.74) is 3.66. The van der Waals surface area contributed by atoms with Crippen LogP contribution in [-0.4, -0.2) is 53.5 Å². The standard InChI is InChI=1S/C13H20N2O2.C10H12N2O.C6H4F2/c1-2-11-4-3-5-12(6-11)7-14-8-13(17)9-15-10-16;1-12-9(4-5-10(12)13)8-3-2-6-11-7-8;7-5-2-1-3-6(8)4-5/h3-6,10,13-14,17H,2,7-9H2,1H3,(H,15,16);2-3,6-7,9H,4-5H2,1H3;1-4H. The number of nitrogens with zero attached hydrogens (tertiary/aromatic N) is 2. The molecule has 0 aliphatic carbocycles. The van der Waals surface area contributed by atoms with Gasteiger partial charge in [-0.3, -0.25) is 14.6 Å². The molecule has 2 aromatic carbocycles. The van der Waals surface area contributed by atoms with Crippen molar-refractivity contribution < 1.29 is 23.5 Å². The molecule has 2 heterocycles. The Kier molecular flexibility index (Phi) is 13.6. The fourth-order valence-electron chi connectivity index (χ4n) is 3.83. The summed E-state index contributed by atoms with van der Waals surface area (Å²) in [6, 6.07) is 17.1. The summed E-state index contributed by atoms with van der Waals surface area (Å²) in [7, 11) is 1.85. The van der Waals surface area contributed by atoms with Gasteiger partial charge in [0.15, 0.2) is 0 Å². The van der Waals surface area contributed by atoms with Crippen LogP contribution in [0.2, 0.25) is 0 Å². The highest BCUT2D eigenvalue weighted by Gasteiger charge is 2.28. The minimum absolute atomic E-state index is 0.230. The van der Waals surface area contributed by atoms with E-state index in [2.05, 4.69) is 40.7 Å². The number of nitrogens with one attached hydrogen (secondary N) is 2. The van der Waals surface area contributed by atoms with E-state index in [-0.39, 0.29) is 18.5 Å². The van der Waals surface area contributed by atoms with Gasteiger partial charge in [0, 0.05) is 51.6 Å². The molecule has 3 N–H and O–H groups in total. The topological polar surface area (TPSA) is 94.6 Å². The molecule has 0 saturated carbocycles. The molecule has 0 bridgehead atoms. The van der Waals surface area contributed by atoms with Crippen LogP contribution >= 0.6 is 0 Å². The van der Waals surface area contributed by atoms with Gasteiger partial charge in [-0.1, -0.05) is 43.3 Å². The lowest BCUT2D eigenvalue weighted by Gasteiger charge is -2.19. The van der Waals surface area contributed by atoms with Gasteiger partial charge in [0.25, 0.3) is 0 Å². The fraction of sp³-hybridized carbons (Fsp3) is 0.345. The summed E-state index contributed by atoms with van der Waals surface area (Å²) in [4.78, 5) is 27.1. The van der Waals surface area contributed by atoms with Crippen molar-refractivity contribution in [1.29, 1.82) is 0 Å². The van der Waals surface area contributed by atoms with E-state index in [0.29, 0.717) is 19.4 Å². The number of likely N-dealkylation sites (tertiary alicyclic amines) is 1. The number of aliphatic hydroxyl groups is 1. The van der Waals surface area contributed by atoms with Gasteiger partial charge in [0.2, 0.25) is 12.3 Å². The second kappa shape index (κ2) is 16.9. The lowest BCUT2D eigenvalue weighted by atomic mass is 10.1. The zero-order valence-electron chi connectivity index (χ0n) is 21.8. The SMILES string of the molecule is CCc1cccc(CNCC(O)CNC=O)c1.CN1C(=O)CCC1c1cccnc1.Fc1cccc(F)c1. The Morgan fingerprint density at radius 3 is 2.34 bits per heavy atom. The van der Waals surface area contributed by atoms with Gasteiger partial charge in [-0.15, -0.1) is 0 Å². The quantitative estimate of drug-likeness (QED) is 0.369. The number of pyridine rings is 1. The molecule has 1 saturated heterocycles. The average Bonchev–Trinajstić information content (AvgIpc) is 3.26. The largest absolute Gasteiger partial charge is 0.390 e. The Labute approximate surface area is 222 Å². The summed E-state index contributed by atoms with van der Waals surface area (Å²) in [6.45, 7) is 3.61. The molecule has 1 aliphatic heterocycles. The number of rotatable bonds is 9. The van der Waals surface area contributed by atoms with Gasteiger partial charge in [-0.2, -0.15) is 0 Å². The van der Waals surface area contributed by atoms with Gasteiger partial charge >= 0.3 is 0 Å². The minimum atomic E-state index is -0.547. The second-order valence-corrected chi connectivity index (χ2v) is 8.77. The first-order valence-corrected chi connectivity index (χ1v) is 12.5. The Hall–Kier alpha value is -3.69. The predicted octanol–water partition coefficient (Wildman–Crippen LogP) is 3.79. The number of carbonyl (C=O) groups is 2. The third-order valence-corrected chi connectivity index (χ3v) is 5.89. The first kappa shape index (κ1) is 30.5. The molecule has 9 heteroatoms. The molecule has 2 unspecified atom stereocenters. The summed E-state index contributed by atoms with van der Waals surface area (Å²) < 4.78 is 23.9. The van der Waals surface area contributed by atoms with E-state index in [1.165, 1.54) is 29.3 Å². The molecule has 3 aromatic rings. The molecule has 2 atom stereocenters. The van der Waals surface area contributed by atoms with E-state index in [1.54, 1.807) is 11.1 Å². The Morgan fingerprint density at radius 2 is 1.79 bits per heavy atom. The van der Waals surface area contributed by atoms with Gasteiger partial charge in [0.05, 0.1) is 12.1 Å². The van der Waals surface area contributed by atoms with Gasteiger partial charge in [-0.05, 0) is 47.7 Å². The predicted molar refractivity (Wildman–Crippen MR) is 143 cm³/mol. The number of hydrogen-bond acceptors (Lipinski definition) is 5. The van der Waals surface area contributed by atoms with Gasteiger partial charge in [0.1, 0.15) is 11.6 Å². The lowest BCUT2D eigenvalue weighted by molar-refractivity contribution is -0.127. The first-order valence-electron chi connectivity index (χ1n) is 12.5. The van der Waals surface area contributed by atoms with Crippen molar-refractivity contribution in [3.8, 4) is 0 Å². The minimum Gasteiger partial charge on any atom is -0.390 e. The van der Waals surface area contributed by atoms with Crippen molar-refractivity contribution in [2.24, 2.45) is 0 Å². The van der Waals surface area contributed by atoms with Crippen LogP contribution in [0.5, 0.6) is 0 Å². The molecule has 204 valence electrons. The number of benzene rings is 2. The van der Waals surface area contributed by atoms with E-state index >= 15 is 0 Å². The highest BCUT2D eigenvalue weighted by atomic mass is 19.1. The molecule has 2 amide bonds. The Balaban J connectivity index is 0.000000213. The highest BCUT2D eigenvalue weighted by molar-refractivity contribution is 5.78. The van der Waals surface area contributed by atoms with Crippen molar-refractivity contribution in [2.45, 2.75) is 44.9 Å². The van der Waals surface area contributed by atoms with E-state index in [1.807, 2.05) is 31.4 Å². The van der Waals surface area contributed by atoms with Crippen molar-refractivity contribution >= 4 is 12.3 Å². The molecule has 38 heavy (non-hydrogen) atoms. The molecular weight excluding hydrogens is 490 g/mol. The number of amides is 2. The fourth-order valence-corrected chi connectivity index (χ4v) is 3.83. The molecule has 1 aromatic heterocycles. The monoisotopic (exact) mass is 526 g/mol. The van der Waals surface area contributed by atoms with Crippen LogP contribution in [0.15, 0.2) is 73.1 Å². The van der Waals surface area contributed by atoms with Crippen LogP contribution in [-0.2, 0) is 22.6 Å². The lowest BCUT2D eigenvalue weighted by Crippen LogP contribution is -2.34. The number of hydrogen-bond donors (Lipinski definition) is 3. The van der Waals surface area contributed by atoms with Crippen molar-refractivity contribution in [3.05, 3.63) is 101 Å². The average molecular weight is 527 g/mol. The molecule has 7 nitrogen and oxygen atoms in total. The second-order valence-electron chi connectivity index (χ2n) is 8.77. The normalized spacial score (nSPS) is 15.0. The molecule has 4 rings (SSSR count). The maximum atomic E-state index is 11.9. The number of aryl methyl sites for hydroxylation is 1. The third kappa shape index (κ3) is 11.1. The van der Waals surface area contributed by atoms with E-state index in [0.717, 1.165) is 31.0 Å². The zero-order chi connectivity index (χ0) is 27.8. The van der Waals surface area contributed by atoms with Crippen LogP contribution in [0, 0.1) is 11.6 Å². The molecule has 1 fully saturated rings. The van der Waals surface area contributed by atoms with Crippen molar-refractivity contribution in [1.82, 2.24) is 20.5 Å². The number of carbonyl (C=O) groups excluding carboxylic acids is 2. The smallest absolute Gasteiger partial charge is 0.222 e. The highest BCUT2D eigenvalue weighted by Crippen LogP contribution is 2.30. The summed E-state index contributed by atoms with van der Waals surface area (Å²) in [5, 5.41) is 15.1. The molecular formula is C29H36F2N4O3. The third-order valence-electron chi connectivity index (χ3n) is 5.89. The maximum absolute atomic E-state index is 11.9. The number of aromatic nitrogens is 1. The number of aliphatic hydroxyl groups excluding tert-OH is 1. The number of halogens is 2. The van der Waals surface area contributed by atoms with Crippen LogP contribution in [0.4, 0.5) is 8.78 Å². The van der Waals surface area contributed by atoms with Gasteiger partial charge in [-0.25, -0.2) is 8.78 Å². The Bertz CT molecular complexity index is 1100. The van der Waals surface area contributed by atoms with Crippen molar-refractivity contribution in [3.63, 3.8) is 0 Å². The van der Waals surface area contributed by atoms with E-state index < -0.39 is 17.7 Å². The summed E-state index contributed by atoms with van der Waals surface area (Å²) in [5.74, 6) is -0.844. The molecule has 0 radical (unpaired) electrons. The van der Waals surface area contributed by atoms with E-state index in [4.69, 9.17) is 0 Å². The maximum Gasteiger partial charge on any atom is 0.222 e. The summed E-state index contributed by atoms with van der Waals surface area (Å²) >= 11 is 0. The molecule has 0 spiro atoms. The van der Waals surface area contributed by atoms with Crippen LogP contribution in [0.3, 0.4) is 0 Å².